The Labute approximate surface area is 158 Å². The Morgan fingerprint density at radius 3 is 2.75 bits per heavy atom. The second-order valence-electron chi connectivity index (χ2n) is 6.12. The molecule has 2 aliphatic rings. The first kappa shape index (κ1) is 19.9. The van der Waals surface area contributed by atoms with Gasteiger partial charge in [0, 0.05) is 13.1 Å². The molecule has 0 saturated carbocycles. The summed E-state index contributed by atoms with van der Waals surface area (Å²) in [6.07, 6.45) is 1.89. The summed E-state index contributed by atoms with van der Waals surface area (Å²) < 4.78 is 34.8. The number of hydroxylamine groups is 2. The number of hydrazine groups is 1. The highest BCUT2D eigenvalue weighted by molar-refractivity contribution is 7.80. The molecule has 2 fully saturated rings. The first-order valence-corrected chi connectivity index (χ1v) is 9.49. The lowest BCUT2D eigenvalue weighted by Crippen LogP contribution is -2.54. The summed E-state index contributed by atoms with van der Waals surface area (Å²) in [5.74, 6) is -1.27. The standard InChI is InChI=1S/C12H18N8O7S/c13-3-7-4-14-19(17-7)6-10(21)15-16-11(22)9-2-1-8-5-18(9)12(23)20(8)27-28(24,25)26/h4,8-9H,1-3,5-6,13H2,(H,15,21)(H,16,22)(H,24,25,26)/t8-,9+/m1/s1. The number of rotatable bonds is 6. The topological polar surface area (TPSA) is 202 Å². The number of piperidine rings is 1. The minimum Gasteiger partial charge on any atom is -0.325 e. The highest BCUT2D eigenvalue weighted by atomic mass is 32.3. The summed E-state index contributed by atoms with van der Waals surface area (Å²) in [6, 6.07) is -2.43. The summed E-state index contributed by atoms with van der Waals surface area (Å²) in [5, 5.41) is 8.29. The molecule has 1 aromatic heterocycles. The fraction of sp³-hybridized carbons (Fsp3) is 0.583. The molecule has 0 aliphatic carbocycles. The lowest BCUT2D eigenvalue weighted by atomic mass is 10.0. The number of nitrogens with one attached hydrogen (secondary N) is 2. The van der Waals surface area contributed by atoms with Crippen LogP contribution in [0.25, 0.3) is 0 Å². The maximum absolute atomic E-state index is 12.3. The van der Waals surface area contributed by atoms with Gasteiger partial charge in [0.15, 0.2) is 0 Å². The Hall–Kier alpha value is -2.82. The van der Waals surface area contributed by atoms with E-state index in [1.807, 2.05) is 0 Å². The smallest absolute Gasteiger partial charge is 0.325 e. The van der Waals surface area contributed by atoms with E-state index in [-0.39, 0.29) is 32.5 Å². The van der Waals surface area contributed by atoms with Gasteiger partial charge in [0.1, 0.15) is 12.6 Å². The lowest BCUT2D eigenvalue weighted by molar-refractivity contribution is -0.132. The van der Waals surface area contributed by atoms with Gasteiger partial charge in [-0.2, -0.15) is 28.5 Å². The number of hydrogen-bond donors (Lipinski definition) is 4. The van der Waals surface area contributed by atoms with Crippen LogP contribution in [-0.2, 0) is 37.4 Å². The number of nitrogens with two attached hydrogens (primary N) is 1. The van der Waals surface area contributed by atoms with Crippen molar-refractivity contribution in [2.45, 2.75) is 38.0 Å². The Morgan fingerprint density at radius 2 is 2.11 bits per heavy atom. The second kappa shape index (κ2) is 7.66. The highest BCUT2D eigenvalue weighted by Crippen LogP contribution is 2.30. The molecular weight excluding hydrogens is 400 g/mol. The van der Waals surface area contributed by atoms with Crippen molar-refractivity contribution < 1.29 is 31.6 Å². The molecule has 3 rings (SSSR count). The summed E-state index contributed by atoms with van der Waals surface area (Å²) in [6.45, 7) is -0.0473. The molecule has 2 bridgehead atoms. The van der Waals surface area contributed by atoms with Crippen molar-refractivity contribution in [3.63, 3.8) is 0 Å². The molecule has 0 radical (unpaired) electrons. The summed E-state index contributed by atoms with van der Waals surface area (Å²) >= 11 is 0. The molecule has 154 valence electrons. The van der Waals surface area contributed by atoms with Gasteiger partial charge >= 0.3 is 16.4 Å². The van der Waals surface area contributed by atoms with Crippen molar-refractivity contribution in [2.75, 3.05) is 6.54 Å². The van der Waals surface area contributed by atoms with Crippen LogP contribution in [0.4, 0.5) is 4.79 Å². The van der Waals surface area contributed by atoms with Crippen molar-refractivity contribution in [1.82, 2.24) is 35.8 Å². The minimum atomic E-state index is -4.87. The van der Waals surface area contributed by atoms with Crippen molar-refractivity contribution in [2.24, 2.45) is 5.73 Å². The molecule has 1 aromatic rings. The van der Waals surface area contributed by atoms with Crippen LogP contribution in [0.3, 0.4) is 0 Å². The van der Waals surface area contributed by atoms with Gasteiger partial charge < -0.3 is 10.6 Å². The number of urea groups is 1. The molecule has 2 atom stereocenters. The zero-order valence-electron chi connectivity index (χ0n) is 14.4. The quantitative estimate of drug-likeness (QED) is 0.270. The molecule has 4 amide bonds. The Morgan fingerprint density at radius 1 is 1.36 bits per heavy atom. The number of hydrogen-bond acceptors (Lipinski definition) is 9. The van der Waals surface area contributed by atoms with E-state index in [2.05, 4.69) is 25.3 Å². The number of amides is 4. The average molecular weight is 418 g/mol. The summed E-state index contributed by atoms with van der Waals surface area (Å²) in [7, 11) is -4.87. The van der Waals surface area contributed by atoms with E-state index in [0.717, 1.165) is 9.70 Å². The largest absolute Gasteiger partial charge is 0.418 e. The zero-order chi connectivity index (χ0) is 20.5. The number of aromatic nitrogens is 3. The van der Waals surface area contributed by atoms with Crippen LogP contribution in [0.15, 0.2) is 6.20 Å². The molecule has 28 heavy (non-hydrogen) atoms. The van der Waals surface area contributed by atoms with Gasteiger partial charge in [0.2, 0.25) is 0 Å². The third-order valence-corrected chi connectivity index (χ3v) is 4.55. The summed E-state index contributed by atoms with van der Waals surface area (Å²) in [5.41, 5.74) is 10.3. The van der Waals surface area contributed by atoms with E-state index >= 15 is 0 Å². The Bertz CT molecular complexity index is 886. The minimum absolute atomic E-state index is 0.0411. The fourth-order valence-electron chi connectivity index (χ4n) is 2.99. The van der Waals surface area contributed by atoms with Crippen LogP contribution in [0.5, 0.6) is 0 Å². The number of carbonyl (C=O) groups excluding carboxylic acids is 3. The third kappa shape index (κ3) is 4.35. The van der Waals surface area contributed by atoms with E-state index in [0.29, 0.717) is 10.8 Å². The Balaban J connectivity index is 1.53. The maximum Gasteiger partial charge on any atom is 0.418 e. The van der Waals surface area contributed by atoms with Crippen LogP contribution in [-0.4, -0.2) is 74.4 Å². The van der Waals surface area contributed by atoms with Crippen LogP contribution in [0, 0.1) is 0 Å². The van der Waals surface area contributed by atoms with Crippen molar-refractivity contribution >= 4 is 28.2 Å². The van der Waals surface area contributed by atoms with Gasteiger partial charge in [-0.15, -0.1) is 4.28 Å². The second-order valence-corrected chi connectivity index (χ2v) is 7.12. The van der Waals surface area contributed by atoms with Crippen molar-refractivity contribution in [1.29, 1.82) is 0 Å². The van der Waals surface area contributed by atoms with E-state index in [1.54, 1.807) is 0 Å². The molecule has 15 nitrogen and oxygen atoms in total. The molecule has 0 aromatic carbocycles. The van der Waals surface area contributed by atoms with Crippen LogP contribution in [0.1, 0.15) is 18.5 Å². The predicted molar refractivity (Wildman–Crippen MR) is 87.6 cm³/mol. The van der Waals surface area contributed by atoms with Gasteiger partial charge in [-0.1, -0.05) is 0 Å². The monoisotopic (exact) mass is 418 g/mol. The van der Waals surface area contributed by atoms with Crippen LogP contribution >= 0.6 is 0 Å². The number of nitrogens with zero attached hydrogens (tertiary/aromatic N) is 5. The predicted octanol–water partition coefficient (Wildman–Crippen LogP) is -3.11. The molecule has 5 N–H and O–H groups in total. The lowest BCUT2D eigenvalue weighted by Gasteiger charge is -2.29. The SMILES string of the molecule is NCc1cnn(CC(=O)NNC(=O)[C@@H]2CC[C@@H]3CN2C(=O)N3OS(=O)(=O)O)n1. The van der Waals surface area contributed by atoms with E-state index in [1.165, 1.54) is 6.20 Å². The summed E-state index contributed by atoms with van der Waals surface area (Å²) in [4.78, 5) is 38.6. The molecule has 0 spiro atoms. The van der Waals surface area contributed by atoms with Crippen LogP contribution in [0.2, 0.25) is 0 Å². The van der Waals surface area contributed by atoms with Gasteiger partial charge in [-0.05, 0) is 12.8 Å². The highest BCUT2D eigenvalue weighted by Gasteiger charge is 2.49. The first-order chi connectivity index (χ1) is 13.2. The van der Waals surface area contributed by atoms with E-state index in [4.69, 9.17) is 10.3 Å². The number of fused-ring (bicyclic) bond motifs is 2. The van der Waals surface area contributed by atoms with Crippen molar-refractivity contribution in [3.05, 3.63) is 11.9 Å². The molecule has 3 heterocycles. The van der Waals surface area contributed by atoms with Crippen LogP contribution < -0.4 is 16.6 Å². The molecule has 0 unspecified atom stereocenters. The van der Waals surface area contributed by atoms with Crippen molar-refractivity contribution in [3.8, 4) is 0 Å². The molecule has 16 heteroatoms. The number of carbonyl (C=O) groups is 3. The van der Waals surface area contributed by atoms with Gasteiger partial charge in [-0.25, -0.2) is 4.79 Å². The third-order valence-electron chi connectivity index (χ3n) is 4.20. The Kier molecular flexibility index (Phi) is 5.45. The van der Waals surface area contributed by atoms with Gasteiger partial charge in [0.05, 0.1) is 17.9 Å². The van der Waals surface area contributed by atoms with Gasteiger partial charge in [-0.3, -0.25) is 25.0 Å². The molecule has 2 saturated heterocycles. The normalized spacial score (nSPS) is 21.7. The average Bonchev–Trinajstić information content (AvgIpc) is 3.17. The van der Waals surface area contributed by atoms with E-state index < -0.39 is 40.3 Å². The van der Waals surface area contributed by atoms with Gasteiger partial charge in [0.25, 0.3) is 11.8 Å². The molecular formula is C12H18N8O7S. The first-order valence-electron chi connectivity index (χ1n) is 8.12. The van der Waals surface area contributed by atoms with E-state index in [9.17, 15) is 22.8 Å². The maximum atomic E-state index is 12.3. The zero-order valence-corrected chi connectivity index (χ0v) is 15.2. The fourth-order valence-corrected chi connectivity index (χ4v) is 3.38. The molecule has 2 aliphatic heterocycles.